The van der Waals surface area contributed by atoms with Crippen LogP contribution < -0.4 is 4.74 Å². The number of sulfone groups is 1. The highest BCUT2D eigenvalue weighted by Gasteiger charge is 2.35. The molecule has 0 saturated carbocycles. The fourth-order valence-electron chi connectivity index (χ4n) is 3.67. The maximum atomic E-state index is 12.8. The lowest BCUT2D eigenvalue weighted by atomic mass is 10.1. The Hall–Kier alpha value is -2.55. The minimum atomic E-state index is -3.14. The van der Waals surface area contributed by atoms with Crippen LogP contribution >= 0.6 is 0 Å². The maximum Gasteiger partial charge on any atom is 0.375 e. The van der Waals surface area contributed by atoms with E-state index in [9.17, 15) is 18.0 Å². The van der Waals surface area contributed by atoms with Gasteiger partial charge in [0.2, 0.25) is 5.76 Å². The lowest BCUT2D eigenvalue weighted by Gasteiger charge is -2.29. The van der Waals surface area contributed by atoms with Crippen LogP contribution in [0.15, 0.2) is 22.6 Å². The van der Waals surface area contributed by atoms with Crippen molar-refractivity contribution >= 4 is 32.7 Å². The van der Waals surface area contributed by atoms with E-state index in [0.717, 1.165) is 5.39 Å². The van der Waals surface area contributed by atoms with Crippen molar-refractivity contribution in [2.75, 3.05) is 31.8 Å². The van der Waals surface area contributed by atoms with Crippen LogP contribution in [0.5, 0.6) is 5.75 Å². The Morgan fingerprint density at radius 1 is 1.30 bits per heavy atom. The average molecular weight is 438 g/mol. The number of amides is 1. The van der Waals surface area contributed by atoms with E-state index in [1.165, 1.54) is 4.90 Å². The van der Waals surface area contributed by atoms with Gasteiger partial charge < -0.3 is 18.8 Å². The minimum absolute atomic E-state index is 0.0323. The fourth-order valence-corrected chi connectivity index (χ4v) is 5.40. The molecule has 2 heterocycles. The van der Waals surface area contributed by atoms with E-state index in [1.807, 2.05) is 13.8 Å². The minimum Gasteiger partial charge on any atom is -0.497 e. The number of carbonyl (C=O) groups is 2. The van der Waals surface area contributed by atoms with Crippen molar-refractivity contribution < 1.29 is 31.9 Å². The molecule has 1 aromatic heterocycles. The number of esters is 1. The summed E-state index contributed by atoms with van der Waals surface area (Å²) in [7, 11) is -1.59. The zero-order valence-electron chi connectivity index (χ0n) is 17.6. The summed E-state index contributed by atoms with van der Waals surface area (Å²) in [6.07, 6.45) is 0.402. The molecule has 0 spiro atoms. The smallest absolute Gasteiger partial charge is 0.375 e. The molecule has 0 bridgehead atoms. The van der Waals surface area contributed by atoms with Gasteiger partial charge in [-0.25, -0.2) is 13.2 Å². The molecule has 3 rings (SSSR count). The zero-order valence-corrected chi connectivity index (χ0v) is 18.5. The summed E-state index contributed by atoms with van der Waals surface area (Å²) in [5, 5.41) is 0.727. The highest BCUT2D eigenvalue weighted by Crippen LogP contribution is 2.29. The molecule has 1 saturated heterocycles. The molecule has 1 aliphatic heterocycles. The summed E-state index contributed by atoms with van der Waals surface area (Å²) in [5.74, 6) is -0.304. The third-order valence-electron chi connectivity index (χ3n) is 5.19. The topological polar surface area (TPSA) is 103 Å². The Kier molecular flexibility index (Phi) is 6.40. The molecule has 30 heavy (non-hydrogen) atoms. The van der Waals surface area contributed by atoms with Crippen molar-refractivity contribution in [3.8, 4) is 5.75 Å². The second-order valence-corrected chi connectivity index (χ2v) is 10.2. The van der Waals surface area contributed by atoms with Crippen molar-refractivity contribution in [3.63, 3.8) is 0 Å². The van der Waals surface area contributed by atoms with Gasteiger partial charge in [0.15, 0.2) is 16.4 Å². The molecule has 1 fully saturated rings. The second-order valence-electron chi connectivity index (χ2n) is 7.99. The summed E-state index contributed by atoms with van der Waals surface area (Å²) in [4.78, 5) is 26.8. The van der Waals surface area contributed by atoms with E-state index in [4.69, 9.17) is 13.9 Å². The first kappa shape index (κ1) is 22.1. The van der Waals surface area contributed by atoms with Crippen molar-refractivity contribution in [1.29, 1.82) is 0 Å². The summed E-state index contributed by atoms with van der Waals surface area (Å²) >= 11 is 0. The van der Waals surface area contributed by atoms with Gasteiger partial charge in [-0.1, -0.05) is 13.8 Å². The quantitative estimate of drug-likeness (QED) is 0.613. The number of hydrogen-bond acceptors (Lipinski definition) is 7. The first-order valence-electron chi connectivity index (χ1n) is 9.85. The highest BCUT2D eigenvalue weighted by molar-refractivity contribution is 7.91. The summed E-state index contributed by atoms with van der Waals surface area (Å²) in [5.41, 5.74) is 1.12. The van der Waals surface area contributed by atoms with Gasteiger partial charge in [0.1, 0.15) is 11.3 Å². The van der Waals surface area contributed by atoms with Crippen molar-refractivity contribution in [3.05, 3.63) is 29.5 Å². The number of rotatable bonds is 7. The molecule has 2 aromatic rings. The number of aryl methyl sites for hydroxylation is 1. The predicted molar refractivity (Wildman–Crippen MR) is 111 cm³/mol. The molecule has 1 aromatic carbocycles. The monoisotopic (exact) mass is 437 g/mol. The number of benzene rings is 1. The van der Waals surface area contributed by atoms with Crippen molar-refractivity contribution in [2.45, 2.75) is 33.2 Å². The Bertz CT molecular complexity index is 1050. The average Bonchev–Trinajstić information content (AvgIpc) is 3.22. The van der Waals surface area contributed by atoms with Crippen LogP contribution in [0.4, 0.5) is 0 Å². The number of ether oxygens (including phenoxy) is 2. The Morgan fingerprint density at radius 3 is 2.63 bits per heavy atom. The van der Waals surface area contributed by atoms with Gasteiger partial charge in [-0.3, -0.25) is 4.79 Å². The van der Waals surface area contributed by atoms with Crippen LogP contribution in [0, 0.1) is 12.8 Å². The number of fused-ring (bicyclic) bond motifs is 1. The molecule has 1 amide bonds. The van der Waals surface area contributed by atoms with E-state index in [0.29, 0.717) is 29.9 Å². The highest BCUT2D eigenvalue weighted by atomic mass is 32.2. The van der Waals surface area contributed by atoms with Crippen LogP contribution in [-0.2, 0) is 19.4 Å². The van der Waals surface area contributed by atoms with E-state index < -0.39 is 28.3 Å². The lowest BCUT2D eigenvalue weighted by Crippen LogP contribution is -2.45. The second kappa shape index (κ2) is 8.67. The number of hydrogen-bond donors (Lipinski definition) is 0. The molecule has 0 aliphatic carbocycles. The van der Waals surface area contributed by atoms with E-state index in [2.05, 4.69) is 0 Å². The number of methoxy groups -OCH3 is 1. The summed E-state index contributed by atoms with van der Waals surface area (Å²) in [6.45, 7) is 5.56. The van der Waals surface area contributed by atoms with Crippen molar-refractivity contribution in [2.24, 2.45) is 5.92 Å². The standard InChI is InChI=1S/C21H27NO7S/c1-13(2)10-22(15-7-8-30(25,26)12-15)19(23)11-28-21(24)20-14(3)17-9-16(27-4)5-6-18(17)29-20/h5-6,9,13,15H,7-8,10-12H2,1-4H3. The predicted octanol–water partition coefficient (Wildman–Crippen LogP) is 2.58. The van der Waals surface area contributed by atoms with E-state index in [-0.39, 0.29) is 29.2 Å². The van der Waals surface area contributed by atoms with Gasteiger partial charge in [-0.15, -0.1) is 0 Å². The molecule has 1 atom stereocenters. The first-order valence-corrected chi connectivity index (χ1v) is 11.7. The third kappa shape index (κ3) is 4.77. The maximum absolute atomic E-state index is 12.8. The summed E-state index contributed by atoms with van der Waals surface area (Å²) in [6, 6.07) is 4.81. The van der Waals surface area contributed by atoms with Gasteiger partial charge >= 0.3 is 5.97 Å². The molecule has 9 heteroatoms. The number of carbonyl (C=O) groups excluding carboxylic acids is 2. The first-order chi connectivity index (χ1) is 14.1. The largest absolute Gasteiger partial charge is 0.497 e. The lowest BCUT2D eigenvalue weighted by molar-refractivity contribution is -0.137. The Labute approximate surface area is 176 Å². The van der Waals surface area contributed by atoms with Crippen LogP contribution in [0.2, 0.25) is 0 Å². The van der Waals surface area contributed by atoms with Gasteiger partial charge in [-0.2, -0.15) is 0 Å². The van der Waals surface area contributed by atoms with Gasteiger partial charge in [-0.05, 0) is 37.5 Å². The molecular formula is C21H27NO7S. The third-order valence-corrected chi connectivity index (χ3v) is 6.94. The molecular weight excluding hydrogens is 410 g/mol. The van der Waals surface area contributed by atoms with Gasteiger partial charge in [0.05, 0.1) is 18.6 Å². The molecule has 1 aliphatic rings. The van der Waals surface area contributed by atoms with Crippen molar-refractivity contribution in [1.82, 2.24) is 4.90 Å². The number of furan rings is 1. The molecule has 8 nitrogen and oxygen atoms in total. The molecule has 164 valence electrons. The normalized spacial score (nSPS) is 18.0. The van der Waals surface area contributed by atoms with Crippen LogP contribution in [0.1, 0.15) is 36.4 Å². The Morgan fingerprint density at radius 2 is 2.03 bits per heavy atom. The van der Waals surface area contributed by atoms with E-state index in [1.54, 1.807) is 32.2 Å². The van der Waals surface area contributed by atoms with Crippen LogP contribution in [-0.4, -0.2) is 63.0 Å². The molecule has 0 N–H and O–H groups in total. The Balaban J connectivity index is 1.71. The van der Waals surface area contributed by atoms with Crippen LogP contribution in [0.3, 0.4) is 0 Å². The molecule has 0 radical (unpaired) electrons. The van der Waals surface area contributed by atoms with Gasteiger partial charge in [0.25, 0.3) is 5.91 Å². The van der Waals surface area contributed by atoms with E-state index >= 15 is 0 Å². The number of nitrogens with zero attached hydrogens (tertiary/aromatic N) is 1. The van der Waals surface area contributed by atoms with Crippen LogP contribution in [0.25, 0.3) is 11.0 Å². The summed E-state index contributed by atoms with van der Waals surface area (Å²) < 4.78 is 39.7. The molecule has 1 unspecified atom stereocenters. The fraction of sp³-hybridized carbons (Fsp3) is 0.524. The SMILES string of the molecule is COc1ccc2oc(C(=O)OCC(=O)N(CC(C)C)C3CCS(=O)(=O)C3)c(C)c2c1. The van der Waals surface area contributed by atoms with Gasteiger partial charge in [0, 0.05) is 23.5 Å². The zero-order chi connectivity index (χ0) is 22.1.